The predicted molar refractivity (Wildman–Crippen MR) is 88.2 cm³/mol. The van der Waals surface area contributed by atoms with Gasteiger partial charge in [0.1, 0.15) is 17.6 Å². The van der Waals surface area contributed by atoms with Crippen LogP contribution >= 0.6 is 0 Å². The first kappa shape index (κ1) is 16.5. The number of hydrogen-bond donors (Lipinski definition) is 2. The lowest BCUT2D eigenvalue weighted by molar-refractivity contribution is -0.121. The van der Waals surface area contributed by atoms with Crippen LogP contribution in [0.1, 0.15) is 12.5 Å². The zero-order chi connectivity index (χ0) is 16.7. The fourth-order valence-electron chi connectivity index (χ4n) is 1.82. The van der Waals surface area contributed by atoms with Crippen LogP contribution < -0.4 is 15.5 Å². The molecule has 0 saturated carbocycles. The van der Waals surface area contributed by atoms with Crippen LogP contribution in [0.15, 0.2) is 53.6 Å². The third-order valence-corrected chi connectivity index (χ3v) is 3.12. The number of nitrogens with one attached hydrogen (secondary N) is 2. The second kappa shape index (κ2) is 7.93. The lowest BCUT2D eigenvalue weighted by atomic mass is 10.2. The predicted octanol–water partition coefficient (Wildman–Crippen LogP) is 2.79. The first-order valence-electron chi connectivity index (χ1n) is 7.07. The van der Waals surface area contributed by atoms with E-state index in [0.29, 0.717) is 5.69 Å². The topological polar surface area (TPSA) is 62.7 Å². The van der Waals surface area contributed by atoms with Crippen molar-refractivity contribution in [3.63, 3.8) is 0 Å². The van der Waals surface area contributed by atoms with Crippen molar-refractivity contribution in [2.75, 3.05) is 12.4 Å². The molecule has 0 bridgehead atoms. The van der Waals surface area contributed by atoms with Gasteiger partial charge in [-0.15, -0.1) is 0 Å². The third kappa shape index (κ3) is 5.10. The summed E-state index contributed by atoms with van der Waals surface area (Å²) in [5.74, 6) is 0.138. The zero-order valence-electron chi connectivity index (χ0n) is 12.9. The Bertz CT molecular complexity index is 669. The van der Waals surface area contributed by atoms with Crippen LogP contribution in [-0.2, 0) is 4.79 Å². The molecule has 0 aromatic heterocycles. The van der Waals surface area contributed by atoms with E-state index in [0.717, 1.165) is 11.3 Å². The summed E-state index contributed by atoms with van der Waals surface area (Å²) in [5.41, 5.74) is 3.95. The van der Waals surface area contributed by atoms with Gasteiger partial charge in [0.25, 0.3) is 5.91 Å². The number of carbonyl (C=O) groups is 1. The fourth-order valence-corrected chi connectivity index (χ4v) is 1.82. The van der Waals surface area contributed by atoms with E-state index in [-0.39, 0.29) is 11.7 Å². The Morgan fingerprint density at radius 2 is 1.83 bits per heavy atom. The summed E-state index contributed by atoms with van der Waals surface area (Å²) in [7, 11) is 1.60. The zero-order valence-corrected chi connectivity index (χ0v) is 12.9. The van der Waals surface area contributed by atoms with Gasteiger partial charge in [-0.2, -0.15) is 5.10 Å². The lowest BCUT2D eigenvalue weighted by Crippen LogP contribution is -2.34. The molecule has 2 aromatic carbocycles. The van der Waals surface area contributed by atoms with Crippen molar-refractivity contribution in [3.8, 4) is 5.75 Å². The Hall–Kier alpha value is -2.89. The first-order chi connectivity index (χ1) is 11.1. The average Bonchev–Trinajstić information content (AvgIpc) is 2.57. The molecule has 23 heavy (non-hydrogen) atoms. The minimum atomic E-state index is -0.506. The molecule has 6 heteroatoms. The Balaban J connectivity index is 1.85. The third-order valence-electron chi connectivity index (χ3n) is 3.12. The van der Waals surface area contributed by atoms with Crippen molar-refractivity contribution in [1.82, 2.24) is 5.43 Å². The minimum Gasteiger partial charge on any atom is -0.497 e. The van der Waals surface area contributed by atoms with E-state index in [9.17, 15) is 9.18 Å². The van der Waals surface area contributed by atoms with E-state index in [1.807, 2.05) is 24.3 Å². The molecule has 0 heterocycles. The normalized spacial score (nSPS) is 12.0. The van der Waals surface area contributed by atoms with Crippen LogP contribution in [0.3, 0.4) is 0 Å². The molecule has 0 aliphatic rings. The maximum absolute atomic E-state index is 12.8. The lowest BCUT2D eigenvalue weighted by Gasteiger charge is -2.13. The Labute approximate surface area is 134 Å². The number of benzene rings is 2. The SMILES string of the molecule is COc1ccc(/C=N/NC(=O)C(C)Nc2ccc(F)cc2)cc1. The van der Waals surface area contributed by atoms with Gasteiger partial charge in [-0.3, -0.25) is 4.79 Å². The smallest absolute Gasteiger partial charge is 0.262 e. The van der Waals surface area contributed by atoms with E-state index in [1.54, 1.807) is 32.4 Å². The molecule has 0 saturated heterocycles. The maximum Gasteiger partial charge on any atom is 0.262 e. The van der Waals surface area contributed by atoms with Crippen molar-refractivity contribution in [3.05, 3.63) is 59.9 Å². The molecule has 1 atom stereocenters. The van der Waals surface area contributed by atoms with E-state index in [4.69, 9.17) is 4.74 Å². The number of ether oxygens (including phenoxy) is 1. The minimum absolute atomic E-state index is 0.293. The molecule has 2 rings (SSSR count). The van der Waals surface area contributed by atoms with Crippen molar-refractivity contribution >= 4 is 17.8 Å². The number of hydrazone groups is 1. The molecule has 120 valence electrons. The van der Waals surface area contributed by atoms with Gasteiger partial charge in [-0.1, -0.05) is 0 Å². The Kier molecular flexibility index (Phi) is 5.68. The first-order valence-corrected chi connectivity index (χ1v) is 7.07. The second-order valence-electron chi connectivity index (χ2n) is 4.88. The molecule has 0 fully saturated rings. The molecule has 0 aliphatic heterocycles. The van der Waals surface area contributed by atoms with Crippen LogP contribution in [0.5, 0.6) is 5.75 Å². The van der Waals surface area contributed by atoms with Crippen LogP contribution in [0.25, 0.3) is 0 Å². The summed E-state index contributed by atoms with van der Waals surface area (Å²) < 4.78 is 17.9. The van der Waals surface area contributed by atoms with Gasteiger partial charge < -0.3 is 10.1 Å². The van der Waals surface area contributed by atoms with Crippen molar-refractivity contribution in [1.29, 1.82) is 0 Å². The highest BCUT2D eigenvalue weighted by atomic mass is 19.1. The summed E-state index contributed by atoms with van der Waals surface area (Å²) in [6, 6.07) is 12.6. The number of anilines is 1. The molecular weight excluding hydrogens is 297 g/mol. The molecule has 0 aliphatic carbocycles. The van der Waals surface area contributed by atoms with E-state index in [1.165, 1.54) is 12.1 Å². The summed E-state index contributed by atoms with van der Waals surface area (Å²) >= 11 is 0. The second-order valence-corrected chi connectivity index (χ2v) is 4.88. The van der Waals surface area contributed by atoms with Gasteiger partial charge in [0.15, 0.2) is 0 Å². The molecule has 5 nitrogen and oxygen atoms in total. The van der Waals surface area contributed by atoms with Crippen LogP contribution in [-0.4, -0.2) is 25.3 Å². The maximum atomic E-state index is 12.8. The number of rotatable bonds is 6. The average molecular weight is 315 g/mol. The number of methoxy groups -OCH3 is 1. The van der Waals surface area contributed by atoms with E-state index in [2.05, 4.69) is 15.8 Å². The highest BCUT2D eigenvalue weighted by Crippen LogP contribution is 2.10. The quantitative estimate of drug-likeness (QED) is 0.636. The van der Waals surface area contributed by atoms with Gasteiger partial charge in [0, 0.05) is 5.69 Å². The molecule has 1 unspecified atom stereocenters. The molecule has 2 N–H and O–H groups in total. The van der Waals surface area contributed by atoms with Crippen LogP contribution in [0.4, 0.5) is 10.1 Å². The van der Waals surface area contributed by atoms with E-state index < -0.39 is 6.04 Å². The molecular formula is C17H18FN3O2. The monoisotopic (exact) mass is 315 g/mol. The van der Waals surface area contributed by atoms with Gasteiger partial charge in [-0.25, -0.2) is 9.82 Å². The number of hydrogen-bond acceptors (Lipinski definition) is 4. The fraction of sp³-hybridized carbons (Fsp3) is 0.176. The van der Waals surface area contributed by atoms with Crippen LogP contribution in [0.2, 0.25) is 0 Å². The van der Waals surface area contributed by atoms with Gasteiger partial charge in [0.05, 0.1) is 13.3 Å². The molecule has 0 radical (unpaired) electrons. The Morgan fingerprint density at radius 3 is 2.43 bits per heavy atom. The molecule has 2 aromatic rings. The summed E-state index contributed by atoms with van der Waals surface area (Å²) in [6.45, 7) is 1.70. The highest BCUT2D eigenvalue weighted by Gasteiger charge is 2.11. The van der Waals surface area contributed by atoms with Crippen molar-refractivity contribution < 1.29 is 13.9 Å². The number of nitrogens with zero attached hydrogens (tertiary/aromatic N) is 1. The number of halogens is 1. The largest absolute Gasteiger partial charge is 0.497 e. The van der Waals surface area contributed by atoms with Gasteiger partial charge in [0.2, 0.25) is 0 Å². The number of amides is 1. The van der Waals surface area contributed by atoms with Gasteiger partial charge in [-0.05, 0) is 61.0 Å². The Morgan fingerprint density at radius 1 is 1.17 bits per heavy atom. The van der Waals surface area contributed by atoms with E-state index >= 15 is 0 Å². The van der Waals surface area contributed by atoms with Crippen LogP contribution in [0, 0.1) is 5.82 Å². The standard InChI is InChI=1S/C17H18FN3O2/c1-12(20-15-7-5-14(18)6-8-15)17(22)21-19-11-13-3-9-16(23-2)10-4-13/h3-12,20H,1-2H3,(H,21,22)/b19-11+. The molecule has 0 spiro atoms. The summed E-state index contributed by atoms with van der Waals surface area (Å²) in [5, 5.41) is 6.87. The van der Waals surface area contributed by atoms with Gasteiger partial charge >= 0.3 is 0 Å². The van der Waals surface area contributed by atoms with Crippen molar-refractivity contribution in [2.24, 2.45) is 5.10 Å². The molecule has 1 amide bonds. The van der Waals surface area contributed by atoms with Crippen molar-refractivity contribution in [2.45, 2.75) is 13.0 Å². The highest BCUT2D eigenvalue weighted by molar-refractivity contribution is 5.86. The summed E-state index contributed by atoms with van der Waals surface area (Å²) in [4.78, 5) is 11.9. The summed E-state index contributed by atoms with van der Waals surface area (Å²) in [6.07, 6.45) is 1.54. The number of carbonyl (C=O) groups excluding carboxylic acids is 1.